The van der Waals surface area contributed by atoms with E-state index in [4.69, 9.17) is 5.73 Å². The molecule has 26 heavy (non-hydrogen) atoms. The van der Waals surface area contributed by atoms with Crippen molar-refractivity contribution in [3.8, 4) is 0 Å². The maximum Gasteiger partial charge on any atom is 0.217 e. The van der Waals surface area contributed by atoms with Crippen LogP contribution in [0, 0.1) is 17.8 Å². The van der Waals surface area contributed by atoms with Gasteiger partial charge in [0.05, 0.1) is 0 Å². The molecule has 0 spiro atoms. The molecule has 150 valence electrons. The maximum atomic E-state index is 11.3. The first-order valence-electron chi connectivity index (χ1n) is 10.4. The molecule has 0 aromatic heterocycles. The van der Waals surface area contributed by atoms with E-state index in [1.165, 1.54) is 25.9 Å². The molecule has 2 aliphatic heterocycles. The van der Waals surface area contributed by atoms with Crippen molar-refractivity contribution >= 4 is 11.9 Å². The molecule has 0 aliphatic carbocycles. The first kappa shape index (κ1) is 21.0. The third-order valence-corrected chi connectivity index (χ3v) is 6.05. The molecule has 2 rings (SSSR count). The molecule has 2 heterocycles. The Labute approximate surface area is 159 Å². The van der Waals surface area contributed by atoms with Crippen molar-refractivity contribution in [3.63, 3.8) is 0 Å². The second-order valence-electron chi connectivity index (χ2n) is 8.58. The van der Waals surface area contributed by atoms with Crippen molar-refractivity contribution in [2.24, 2.45) is 28.5 Å². The Morgan fingerprint density at radius 1 is 1.23 bits per heavy atom. The summed E-state index contributed by atoms with van der Waals surface area (Å²) in [4.78, 5) is 20.7. The van der Waals surface area contributed by atoms with Gasteiger partial charge in [0.2, 0.25) is 5.91 Å². The Kier molecular flexibility index (Phi) is 8.19. The molecule has 0 saturated carbocycles. The molecule has 1 amide bonds. The summed E-state index contributed by atoms with van der Waals surface area (Å²) in [5, 5.41) is 3.62. The number of piperidine rings is 2. The largest absolute Gasteiger partial charge is 0.370 e. The normalized spacial score (nSPS) is 24.7. The van der Waals surface area contributed by atoms with Gasteiger partial charge in [-0.15, -0.1) is 0 Å². The Morgan fingerprint density at radius 2 is 1.92 bits per heavy atom. The average molecular weight is 366 g/mol. The fourth-order valence-electron chi connectivity index (χ4n) is 4.38. The molecule has 6 heteroatoms. The number of nitrogens with zero attached hydrogens (tertiary/aromatic N) is 3. The Morgan fingerprint density at radius 3 is 2.50 bits per heavy atom. The van der Waals surface area contributed by atoms with Gasteiger partial charge in [0.1, 0.15) is 0 Å². The summed E-state index contributed by atoms with van der Waals surface area (Å²) in [5.74, 6) is 2.59. The zero-order chi connectivity index (χ0) is 19.1. The average Bonchev–Trinajstić information content (AvgIpc) is 2.59. The minimum Gasteiger partial charge on any atom is -0.370 e. The van der Waals surface area contributed by atoms with Crippen molar-refractivity contribution < 1.29 is 4.79 Å². The number of likely N-dealkylation sites (tertiary alicyclic amines) is 2. The van der Waals surface area contributed by atoms with E-state index in [1.54, 1.807) is 0 Å². The fourth-order valence-corrected chi connectivity index (χ4v) is 4.38. The summed E-state index contributed by atoms with van der Waals surface area (Å²) in [7, 11) is 1.85. The molecule has 2 aliphatic rings. The van der Waals surface area contributed by atoms with E-state index in [0.717, 1.165) is 44.4 Å². The number of nitrogens with one attached hydrogen (secondary N) is 1. The smallest absolute Gasteiger partial charge is 0.217 e. The predicted molar refractivity (Wildman–Crippen MR) is 108 cm³/mol. The molecule has 2 fully saturated rings. The molecule has 0 aromatic rings. The zero-order valence-corrected chi connectivity index (χ0v) is 17.2. The number of nitrogens with two attached hydrogens (primary N) is 1. The minimum absolute atomic E-state index is 0.195. The molecule has 3 N–H and O–H groups in total. The van der Waals surface area contributed by atoms with Gasteiger partial charge >= 0.3 is 0 Å². The standard InChI is InChI=1S/C20H39N5O/c1-15(2)18(24-10-7-16(3)8-11-24)13-23-20(22-4)25-9-5-6-17(14-25)12-19(21)26/h15-18H,5-14H2,1-4H3,(H2,21,26)(H,22,23). The summed E-state index contributed by atoms with van der Waals surface area (Å²) in [6.45, 7) is 12.2. The number of guanidine groups is 1. The number of rotatable bonds is 6. The van der Waals surface area contributed by atoms with E-state index < -0.39 is 0 Å². The lowest BCUT2D eigenvalue weighted by atomic mass is 9.94. The van der Waals surface area contributed by atoms with Crippen molar-refractivity contribution in [2.75, 3.05) is 39.8 Å². The number of hydrogen-bond donors (Lipinski definition) is 2. The van der Waals surface area contributed by atoms with Crippen LogP contribution in [0.1, 0.15) is 52.9 Å². The third kappa shape index (κ3) is 6.15. The second-order valence-corrected chi connectivity index (χ2v) is 8.58. The first-order valence-corrected chi connectivity index (χ1v) is 10.4. The SMILES string of the molecule is CN=C(NCC(C(C)C)N1CCC(C)CC1)N1CCCC(CC(N)=O)C1. The van der Waals surface area contributed by atoms with Crippen LogP contribution in [0.15, 0.2) is 4.99 Å². The van der Waals surface area contributed by atoms with Crippen molar-refractivity contribution in [2.45, 2.75) is 58.9 Å². The van der Waals surface area contributed by atoms with Gasteiger partial charge in [0.25, 0.3) is 0 Å². The highest BCUT2D eigenvalue weighted by molar-refractivity contribution is 5.80. The molecule has 0 aromatic carbocycles. The summed E-state index contributed by atoms with van der Waals surface area (Å²) < 4.78 is 0. The molecule has 2 saturated heterocycles. The van der Waals surface area contributed by atoms with Gasteiger partial charge in [-0.05, 0) is 56.5 Å². The van der Waals surface area contributed by atoms with E-state index in [0.29, 0.717) is 24.3 Å². The van der Waals surface area contributed by atoms with E-state index in [1.807, 2.05) is 7.05 Å². The van der Waals surface area contributed by atoms with Crippen LogP contribution in [0.2, 0.25) is 0 Å². The highest BCUT2D eigenvalue weighted by Gasteiger charge is 2.27. The Hall–Kier alpha value is -1.30. The van der Waals surface area contributed by atoms with E-state index in [2.05, 4.69) is 40.9 Å². The van der Waals surface area contributed by atoms with Crippen LogP contribution < -0.4 is 11.1 Å². The molecule has 2 atom stereocenters. The lowest BCUT2D eigenvalue weighted by Crippen LogP contribution is -2.53. The number of carbonyl (C=O) groups excluding carboxylic acids is 1. The van der Waals surface area contributed by atoms with Gasteiger partial charge in [-0.1, -0.05) is 20.8 Å². The number of hydrogen-bond acceptors (Lipinski definition) is 3. The monoisotopic (exact) mass is 365 g/mol. The van der Waals surface area contributed by atoms with E-state index >= 15 is 0 Å². The van der Waals surface area contributed by atoms with Gasteiger partial charge in [-0.3, -0.25) is 14.7 Å². The predicted octanol–water partition coefficient (Wildman–Crippen LogP) is 1.91. The molecular formula is C20H39N5O. The van der Waals surface area contributed by atoms with Gasteiger partial charge in [0, 0.05) is 39.1 Å². The summed E-state index contributed by atoms with van der Waals surface area (Å²) in [5.41, 5.74) is 5.39. The molecule has 6 nitrogen and oxygen atoms in total. The second kappa shape index (κ2) is 10.1. The summed E-state index contributed by atoms with van der Waals surface area (Å²) >= 11 is 0. The first-order chi connectivity index (χ1) is 12.4. The molecule has 0 radical (unpaired) electrons. The zero-order valence-electron chi connectivity index (χ0n) is 17.2. The Balaban J connectivity index is 1.90. The van der Waals surface area contributed by atoms with Crippen LogP contribution in [0.4, 0.5) is 0 Å². The minimum atomic E-state index is -0.195. The van der Waals surface area contributed by atoms with Crippen LogP contribution in [-0.2, 0) is 4.79 Å². The molecule has 0 bridgehead atoms. The van der Waals surface area contributed by atoms with Crippen molar-refractivity contribution in [1.29, 1.82) is 0 Å². The van der Waals surface area contributed by atoms with Crippen LogP contribution in [0.5, 0.6) is 0 Å². The summed E-state index contributed by atoms with van der Waals surface area (Å²) in [6, 6.07) is 0.533. The summed E-state index contributed by atoms with van der Waals surface area (Å²) in [6.07, 6.45) is 5.26. The molecular weight excluding hydrogens is 326 g/mol. The van der Waals surface area contributed by atoms with E-state index in [-0.39, 0.29) is 5.91 Å². The maximum absolute atomic E-state index is 11.3. The van der Waals surface area contributed by atoms with Crippen LogP contribution in [0.3, 0.4) is 0 Å². The Bertz CT molecular complexity index is 471. The van der Waals surface area contributed by atoms with Gasteiger partial charge in [-0.25, -0.2) is 0 Å². The van der Waals surface area contributed by atoms with E-state index in [9.17, 15) is 4.79 Å². The van der Waals surface area contributed by atoms with Crippen molar-refractivity contribution in [1.82, 2.24) is 15.1 Å². The lowest BCUT2D eigenvalue weighted by molar-refractivity contribution is -0.119. The van der Waals surface area contributed by atoms with Crippen LogP contribution in [-0.4, -0.2) is 67.5 Å². The van der Waals surface area contributed by atoms with Crippen LogP contribution >= 0.6 is 0 Å². The topological polar surface area (TPSA) is 74.0 Å². The lowest BCUT2D eigenvalue weighted by Gasteiger charge is -2.40. The highest BCUT2D eigenvalue weighted by Crippen LogP contribution is 2.22. The number of carbonyl (C=O) groups is 1. The number of amides is 1. The van der Waals surface area contributed by atoms with Crippen molar-refractivity contribution in [3.05, 3.63) is 0 Å². The quantitative estimate of drug-likeness (QED) is 0.557. The number of primary amides is 1. The van der Waals surface area contributed by atoms with Crippen LogP contribution in [0.25, 0.3) is 0 Å². The fraction of sp³-hybridized carbons (Fsp3) is 0.900. The number of aliphatic imine (C=N–C) groups is 1. The molecule has 2 unspecified atom stereocenters. The third-order valence-electron chi connectivity index (χ3n) is 6.05. The highest BCUT2D eigenvalue weighted by atomic mass is 16.1. The van der Waals surface area contributed by atoms with Gasteiger partial charge < -0.3 is 16.0 Å². The van der Waals surface area contributed by atoms with Gasteiger partial charge in [-0.2, -0.15) is 0 Å². The van der Waals surface area contributed by atoms with Gasteiger partial charge in [0.15, 0.2) is 5.96 Å².